The molecule has 0 spiro atoms. The van der Waals surface area contributed by atoms with Crippen LogP contribution in [0, 0.1) is 6.92 Å². The molecule has 0 saturated heterocycles. The number of hydrogen-bond acceptors (Lipinski definition) is 9. The van der Waals surface area contributed by atoms with Gasteiger partial charge in [-0.05, 0) is 37.8 Å². The highest BCUT2D eigenvalue weighted by Gasteiger charge is 2.26. The monoisotopic (exact) mass is 535 g/mol. The Bertz CT molecular complexity index is 1230. The Hall–Kier alpha value is -2.70. The number of thiophene rings is 2. The van der Waals surface area contributed by atoms with Gasteiger partial charge in [0.25, 0.3) is 5.91 Å². The maximum absolute atomic E-state index is 12.8. The first kappa shape index (κ1) is 26.9. The number of primary amides is 1. The van der Waals surface area contributed by atoms with Gasteiger partial charge in [-0.15, -0.1) is 32.9 Å². The molecule has 0 aliphatic carbocycles. The fourth-order valence-electron chi connectivity index (χ4n) is 3.39. The smallest absolute Gasteiger partial charge is 0.341 e. The van der Waals surface area contributed by atoms with Crippen LogP contribution < -0.4 is 11.1 Å². The van der Waals surface area contributed by atoms with Crippen molar-refractivity contribution < 1.29 is 19.1 Å². The van der Waals surface area contributed by atoms with E-state index in [1.807, 2.05) is 4.57 Å². The van der Waals surface area contributed by atoms with Crippen LogP contribution >= 0.6 is 34.4 Å². The van der Waals surface area contributed by atoms with Crippen molar-refractivity contribution in [3.63, 3.8) is 0 Å². The van der Waals surface area contributed by atoms with Gasteiger partial charge in [-0.25, -0.2) is 4.79 Å². The van der Waals surface area contributed by atoms with Crippen LogP contribution in [0.1, 0.15) is 70.5 Å². The Kier molecular flexibility index (Phi) is 9.09. The van der Waals surface area contributed by atoms with Gasteiger partial charge >= 0.3 is 5.97 Å². The van der Waals surface area contributed by atoms with E-state index in [0.29, 0.717) is 16.6 Å². The van der Waals surface area contributed by atoms with Crippen LogP contribution in [-0.2, 0) is 16.1 Å². The van der Waals surface area contributed by atoms with Crippen molar-refractivity contribution in [3.8, 4) is 11.4 Å². The molecule has 35 heavy (non-hydrogen) atoms. The zero-order valence-electron chi connectivity index (χ0n) is 20.3. The molecule has 0 aliphatic heterocycles. The summed E-state index contributed by atoms with van der Waals surface area (Å²) >= 11 is 3.93. The van der Waals surface area contributed by atoms with Crippen molar-refractivity contribution in [3.05, 3.63) is 32.3 Å². The van der Waals surface area contributed by atoms with Crippen LogP contribution in [0.25, 0.3) is 11.4 Å². The van der Waals surface area contributed by atoms with Gasteiger partial charge in [0, 0.05) is 22.4 Å². The highest BCUT2D eigenvalue weighted by atomic mass is 32.2. The molecule has 0 atom stereocenters. The predicted octanol–water partition coefficient (Wildman–Crippen LogP) is 4.92. The molecular formula is C23H29N5O4S3. The number of ether oxygens (including phenoxy) is 1. The Labute approximate surface area is 216 Å². The number of nitrogens with zero attached hydrogens (tertiary/aromatic N) is 3. The first-order valence-corrected chi connectivity index (χ1v) is 13.9. The lowest BCUT2D eigenvalue weighted by molar-refractivity contribution is -0.113. The van der Waals surface area contributed by atoms with Crippen molar-refractivity contribution in [1.29, 1.82) is 0 Å². The SMILES string of the molecule is CCCn1c(SCC(=O)Nc2sc(C(N)=O)c(C)c2C(=O)OCC)nnc1-c1csc(C(C)C)c1. The van der Waals surface area contributed by atoms with Gasteiger partial charge < -0.3 is 20.4 Å². The van der Waals surface area contributed by atoms with E-state index in [-0.39, 0.29) is 33.7 Å². The lowest BCUT2D eigenvalue weighted by atomic mass is 10.1. The normalized spacial score (nSPS) is 11.1. The molecule has 0 aromatic carbocycles. The van der Waals surface area contributed by atoms with Crippen molar-refractivity contribution in [1.82, 2.24) is 14.8 Å². The number of thioether (sulfide) groups is 1. The number of hydrogen-bond donors (Lipinski definition) is 2. The number of carbonyl (C=O) groups is 3. The molecule has 9 nitrogen and oxygen atoms in total. The summed E-state index contributed by atoms with van der Waals surface area (Å²) in [5.41, 5.74) is 7.00. The molecule has 0 fully saturated rings. The first-order chi connectivity index (χ1) is 16.7. The minimum absolute atomic E-state index is 0.0495. The van der Waals surface area contributed by atoms with E-state index in [9.17, 15) is 14.4 Å². The Morgan fingerprint density at radius 3 is 2.60 bits per heavy atom. The molecule has 188 valence electrons. The van der Waals surface area contributed by atoms with Crippen LogP contribution in [0.5, 0.6) is 0 Å². The number of esters is 1. The number of anilines is 1. The third-order valence-electron chi connectivity index (χ3n) is 5.05. The zero-order valence-corrected chi connectivity index (χ0v) is 22.8. The molecule has 0 bridgehead atoms. The van der Waals surface area contributed by atoms with Gasteiger partial charge in [0.1, 0.15) is 5.00 Å². The van der Waals surface area contributed by atoms with Gasteiger partial charge in [0.15, 0.2) is 11.0 Å². The van der Waals surface area contributed by atoms with E-state index in [1.54, 1.807) is 25.2 Å². The summed E-state index contributed by atoms with van der Waals surface area (Å²) in [6.07, 6.45) is 0.888. The lowest BCUT2D eigenvalue weighted by Crippen LogP contribution is -2.17. The summed E-state index contributed by atoms with van der Waals surface area (Å²) in [7, 11) is 0. The van der Waals surface area contributed by atoms with Crippen molar-refractivity contribution in [2.75, 3.05) is 17.7 Å². The molecule has 0 saturated carbocycles. The zero-order chi connectivity index (χ0) is 25.7. The highest BCUT2D eigenvalue weighted by molar-refractivity contribution is 7.99. The number of rotatable bonds is 11. The minimum Gasteiger partial charge on any atom is -0.462 e. The maximum Gasteiger partial charge on any atom is 0.341 e. The number of aromatic nitrogens is 3. The van der Waals surface area contributed by atoms with Gasteiger partial charge in [-0.3, -0.25) is 9.59 Å². The van der Waals surface area contributed by atoms with Crippen LogP contribution in [0.15, 0.2) is 16.6 Å². The quantitative estimate of drug-likeness (QED) is 0.263. The largest absolute Gasteiger partial charge is 0.462 e. The number of amides is 2. The second-order valence-electron chi connectivity index (χ2n) is 8.03. The molecular weight excluding hydrogens is 506 g/mol. The van der Waals surface area contributed by atoms with E-state index < -0.39 is 11.9 Å². The molecule has 0 radical (unpaired) electrons. The topological polar surface area (TPSA) is 129 Å². The van der Waals surface area contributed by atoms with Gasteiger partial charge in [-0.1, -0.05) is 32.5 Å². The number of carbonyl (C=O) groups excluding carboxylic acids is 3. The molecule has 3 rings (SSSR count). The van der Waals surface area contributed by atoms with Crippen LogP contribution in [0.3, 0.4) is 0 Å². The van der Waals surface area contributed by atoms with Crippen molar-refractivity contribution >= 4 is 57.2 Å². The fraction of sp³-hybridized carbons (Fsp3) is 0.435. The summed E-state index contributed by atoms with van der Waals surface area (Å²) in [6, 6.07) is 2.14. The van der Waals surface area contributed by atoms with Crippen molar-refractivity contribution in [2.45, 2.75) is 58.7 Å². The molecule has 3 N–H and O–H groups in total. The average molecular weight is 536 g/mol. The third kappa shape index (κ3) is 6.11. The first-order valence-electron chi connectivity index (χ1n) is 11.2. The van der Waals surface area contributed by atoms with E-state index in [1.165, 1.54) is 16.6 Å². The van der Waals surface area contributed by atoms with Gasteiger partial charge in [0.05, 0.1) is 22.8 Å². The van der Waals surface area contributed by atoms with Crippen LogP contribution in [0.2, 0.25) is 0 Å². The van der Waals surface area contributed by atoms with Crippen molar-refractivity contribution in [2.24, 2.45) is 5.73 Å². The highest BCUT2D eigenvalue weighted by Crippen LogP contribution is 2.34. The molecule has 0 unspecified atom stereocenters. The fourth-order valence-corrected chi connectivity index (χ4v) is 6.12. The predicted molar refractivity (Wildman–Crippen MR) is 141 cm³/mol. The Morgan fingerprint density at radius 1 is 1.26 bits per heavy atom. The molecule has 3 aromatic rings. The second-order valence-corrected chi connectivity index (χ2v) is 10.9. The average Bonchev–Trinajstić information content (AvgIpc) is 3.50. The van der Waals surface area contributed by atoms with E-state index in [0.717, 1.165) is 35.7 Å². The molecule has 2 amide bonds. The van der Waals surface area contributed by atoms with E-state index in [4.69, 9.17) is 10.5 Å². The Balaban J connectivity index is 1.78. The standard InChI is InChI=1S/C23H29N5O4S3/c1-6-8-28-20(14-9-15(12(3)4)33-10-14)26-27-23(28)34-11-16(29)25-21-17(22(31)32-7-2)13(5)18(35-21)19(24)30/h9-10,12H,6-8,11H2,1-5H3,(H2,24,30)(H,25,29). The maximum atomic E-state index is 12.8. The summed E-state index contributed by atoms with van der Waals surface area (Å²) in [4.78, 5) is 38.5. The summed E-state index contributed by atoms with van der Waals surface area (Å²) < 4.78 is 7.12. The van der Waals surface area contributed by atoms with Gasteiger partial charge in [-0.2, -0.15) is 0 Å². The van der Waals surface area contributed by atoms with Crippen LogP contribution in [-0.4, -0.2) is 44.9 Å². The Morgan fingerprint density at radius 2 is 2.00 bits per heavy atom. The third-order valence-corrected chi connectivity index (χ3v) is 8.47. The lowest BCUT2D eigenvalue weighted by Gasteiger charge is -2.09. The molecule has 3 aromatic heterocycles. The number of nitrogens with two attached hydrogens (primary N) is 1. The molecule has 12 heteroatoms. The molecule has 3 heterocycles. The van der Waals surface area contributed by atoms with Gasteiger partial charge in [0.2, 0.25) is 5.91 Å². The second kappa shape index (κ2) is 11.8. The summed E-state index contributed by atoms with van der Waals surface area (Å²) in [5, 5.41) is 14.4. The minimum atomic E-state index is -0.665. The summed E-state index contributed by atoms with van der Waals surface area (Å²) in [5.74, 6) is -0.356. The summed E-state index contributed by atoms with van der Waals surface area (Å²) in [6.45, 7) is 10.6. The van der Waals surface area contributed by atoms with Crippen LogP contribution in [0.4, 0.5) is 5.00 Å². The number of nitrogens with one attached hydrogen (secondary N) is 1. The van der Waals surface area contributed by atoms with E-state index >= 15 is 0 Å². The molecule has 0 aliphatic rings. The van der Waals surface area contributed by atoms with E-state index in [2.05, 4.69) is 47.7 Å².